The third-order valence-corrected chi connectivity index (χ3v) is 2.83. The van der Waals surface area contributed by atoms with Gasteiger partial charge in [0.2, 0.25) is 0 Å². The summed E-state index contributed by atoms with van der Waals surface area (Å²) >= 11 is 0. The Kier molecular flexibility index (Phi) is 4.33. The maximum absolute atomic E-state index is 8.76. The molecule has 1 aromatic rings. The molecule has 92 valence electrons. The zero-order chi connectivity index (χ0) is 13.0. The highest BCUT2D eigenvalue weighted by atomic mass is 15.2. The lowest BCUT2D eigenvalue weighted by Crippen LogP contribution is -2.31. The summed E-state index contributed by atoms with van der Waals surface area (Å²) in [7, 11) is 1.98. The summed E-state index contributed by atoms with van der Waals surface area (Å²) in [6.45, 7) is 6.54. The van der Waals surface area contributed by atoms with Gasteiger partial charge >= 0.3 is 0 Å². The molecule has 0 saturated carbocycles. The highest BCUT2D eigenvalue weighted by Gasteiger charge is 2.15. The average Bonchev–Trinajstić information content (AvgIpc) is 2.27. The second-order valence-electron chi connectivity index (χ2n) is 4.84. The highest BCUT2D eigenvalue weighted by molar-refractivity contribution is 5.64. The number of anilines is 2. The topological polar surface area (TPSA) is 65.9 Å². The van der Waals surface area contributed by atoms with Crippen molar-refractivity contribution in [2.24, 2.45) is 5.92 Å². The first-order valence-corrected chi connectivity index (χ1v) is 5.84. The first-order chi connectivity index (χ1) is 7.95. The molecule has 0 spiro atoms. The van der Waals surface area contributed by atoms with Crippen molar-refractivity contribution in [3.8, 4) is 6.07 Å². The second-order valence-corrected chi connectivity index (χ2v) is 4.84. The molecule has 0 aliphatic carbocycles. The van der Waals surface area contributed by atoms with Crippen molar-refractivity contribution in [2.45, 2.75) is 33.2 Å². The Morgan fingerprint density at radius 1 is 1.47 bits per heavy atom. The van der Waals surface area contributed by atoms with Gasteiger partial charge in [0.1, 0.15) is 6.07 Å². The number of rotatable bonds is 4. The first-order valence-electron chi connectivity index (χ1n) is 5.84. The summed E-state index contributed by atoms with van der Waals surface area (Å²) in [5.41, 5.74) is 6.97. The number of nitriles is 1. The number of nitrogens with two attached hydrogens (primary N) is 1. The van der Waals surface area contributed by atoms with Crippen LogP contribution in [-0.4, -0.2) is 18.1 Å². The minimum atomic E-state index is 0.373. The molecule has 0 saturated heterocycles. The van der Waals surface area contributed by atoms with Gasteiger partial charge in [-0.3, -0.25) is 0 Å². The van der Waals surface area contributed by atoms with E-state index >= 15 is 0 Å². The van der Waals surface area contributed by atoms with Crippen LogP contribution in [0.5, 0.6) is 0 Å². The van der Waals surface area contributed by atoms with E-state index in [0.29, 0.717) is 23.2 Å². The summed E-state index contributed by atoms with van der Waals surface area (Å²) in [5.74, 6) is 1.38. The Morgan fingerprint density at radius 3 is 2.59 bits per heavy atom. The Bertz CT molecular complexity index is 420. The van der Waals surface area contributed by atoms with Gasteiger partial charge in [-0.25, -0.2) is 4.98 Å². The highest BCUT2D eigenvalue weighted by Crippen LogP contribution is 2.23. The Labute approximate surface area is 103 Å². The Balaban J connectivity index is 2.89. The predicted octanol–water partition coefficient (Wildman–Crippen LogP) is 2.41. The van der Waals surface area contributed by atoms with E-state index in [1.807, 2.05) is 13.1 Å². The number of hydrogen-bond acceptors (Lipinski definition) is 4. The average molecular weight is 232 g/mol. The molecule has 0 aromatic carbocycles. The van der Waals surface area contributed by atoms with Crippen LogP contribution in [0.15, 0.2) is 12.3 Å². The second kappa shape index (κ2) is 5.53. The van der Waals surface area contributed by atoms with E-state index in [2.05, 4.69) is 30.7 Å². The lowest BCUT2D eigenvalue weighted by atomic mass is 10.0. The van der Waals surface area contributed by atoms with Crippen LogP contribution >= 0.6 is 0 Å². The molecular weight excluding hydrogens is 212 g/mol. The monoisotopic (exact) mass is 232 g/mol. The van der Waals surface area contributed by atoms with Crippen LogP contribution < -0.4 is 10.6 Å². The van der Waals surface area contributed by atoms with Crippen LogP contribution in [0.25, 0.3) is 0 Å². The van der Waals surface area contributed by atoms with Crippen LogP contribution in [0.3, 0.4) is 0 Å². The zero-order valence-corrected chi connectivity index (χ0v) is 10.9. The summed E-state index contributed by atoms with van der Waals surface area (Å²) in [5, 5.41) is 8.76. The smallest absolute Gasteiger partial charge is 0.151 e. The molecule has 4 nitrogen and oxygen atoms in total. The van der Waals surface area contributed by atoms with Crippen molar-refractivity contribution in [3.05, 3.63) is 17.8 Å². The molecule has 0 fully saturated rings. The quantitative estimate of drug-likeness (QED) is 0.865. The van der Waals surface area contributed by atoms with Crippen molar-refractivity contribution >= 4 is 11.5 Å². The maximum Gasteiger partial charge on any atom is 0.151 e. The molecule has 1 rings (SSSR count). The number of aromatic nitrogens is 1. The van der Waals surface area contributed by atoms with Crippen molar-refractivity contribution < 1.29 is 0 Å². The van der Waals surface area contributed by atoms with Crippen LogP contribution in [0, 0.1) is 17.2 Å². The van der Waals surface area contributed by atoms with Gasteiger partial charge in [-0.15, -0.1) is 0 Å². The van der Waals surface area contributed by atoms with E-state index in [1.54, 1.807) is 12.3 Å². The summed E-state index contributed by atoms with van der Waals surface area (Å²) in [6.07, 6.45) is 2.64. The molecule has 1 aromatic heterocycles. The molecule has 1 atom stereocenters. The number of hydrogen-bond donors (Lipinski definition) is 1. The molecule has 0 aliphatic heterocycles. The van der Waals surface area contributed by atoms with Crippen molar-refractivity contribution in [3.63, 3.8) is 0 Å². The predicted molar refractivity (Wildman–Crippen MR) is 70.7 cm³/mol. The van der Waals surface area contributed by atoms with Gasteiger partial charge in [0, 0.05) is 19.3 Å². The third-order valence-electron chi connectivity index (χ3n) is 2.83. The summed E-state index contributed by atoms with van der Waals surface area (Å²) in [6, 6.07) is 4.07. The molecule has 1 unspecified atom stereocenters. The summed E-state index contributed by atoms with van der Waals surface area (Å²) < 4.78 is 0. The Hall–Kier alpha value is -1.76. The lowest BCUT2D eigenvalue weighted by molar-refractivity contribution is 0.502. The molecule has 17 heavy (non-hydrogen) atoms. The minimum Gasteiger partial charge on any atom is -0.396 e. The molecule has 0 bridgehead atoms. The molecule has 1 heterocycles. The zero-order valence-electron chi connectivity index (χ0n) is 10.9. The Morgan fingerprint density at radius 2 is 2.12 bits per heavy atom. The van der Waals surface area contributed by atoms with Crippen molar-refractivity contribution in [1.82, 2.24) is 4.98 Å². The van der Waals surface area contributed by atoms with Crippen molar-refractivity contribution in [2.75, 3.05) is 17.7 Å². The van der Waals surface area contributed by atoms with Crippen LogP contribution in [-0.2, 0) is 0 Å². The fraction of sp³-hybridized carbons (Fsp3) is 0.538. The third kappa shape index (κ3) is 3.35. The van der Waals surface area contributed by atoms with Gasteiger partial charge in [-0.2, -0.15) is 5.26 Å². The van der Waals surface area contributed by atoms with Crippen LogP contribution in [0.4, 0.5) is 11.5 Å². The number of nitrogen functional groups attached to an aromatic ring is 1. The van der Waals surface area contributed by atoms with Crippen LogP contribution in [0.1, 0.15) is 32.8 Å². The van der Waals surface area contributed by atoms with Gasteiger partial charge in [0.05, 0.1) is 11.3 Å². The van der Waals surface area contributed by atoms with Gasteiger partial charge in [0.25, 0.3) is 0 Å². The fourth-order valence-corrected chi connectivity index (χ4v) is 1.88. The van der Waals surface area contributed by atoms with Gasteiger partial charge in [-0.05, 0) is 25.3 Å². The standard InChI is InChI=1S/C13H20N4/c1-9(2)5-10(3)17(4)13-12(15)6-11(7-14)8-16-13/h6,8-10H,5,15H2,1-4H3. The molecular formula is C13H20N4. The number of pyridine rings is 1. The lowest BCUT2D eigenvalue weighted by Gasteiger charge is -2.28. The summed E-state index contributed by atoms with van der Waals surface area (Å²) in [4.78, 5) is 6.32. The minimum absolute atomic E-state index is 0.373. The normalized spacial score (nSPS) is 12.2. The van der Waals surface area contributed by atoms with E-state index in [-0.39, 0.29) is 0 Å². The van der Waals surface area contributed by atoms with E-state index in [9.17, 15) is 0 Å². The molecule has 2 N–H and O–H groups in total. The van der Waals surface area contributed by atoms with E-state index < -0.39 is 0 Å². The molecule has 0 radical (unpaired) electrons. The van der Waals surface area contributed by atoms with E-state index in [1.165, 1.54) is 0 Å². The van der Waals surface area contributed by atoms with Gasteiger partial charge < -0.3 is 10.6 Å². The van der Waals surface area contributed by atoms with E-state index in [4.69, 9.17) is 11.0 Å². The SMILES string of the molecule is CC(C)CC(C)N(C)c1ncc(C#N)cc1N. The molecule has 0 aliphatic rings. The van der Waals surface area contributed by atoms with Gasteiger partial charge in [0.15, 0.2) is 5.82 Å². The molecule has 4 heteroatoms. The first kappa shape index (κ1) is 13.3. The van der Waals surface area contributed by atoms with Crippen LogP contribution in [0.2, 0.25) is 0 Å². The van der Waals surface area contributed by atoms with E-state index in [0.717, 1.165) is 12.2 Å². The van der Waals surface area contributed by atoms with Crippen molar-refractivity contribution in [1.29, 1.82) is 5.26 Å². The maximum atomic E-state index is 8.76. The number of nitrogens with zero attached hydrogens (tertiary/aromatic N) is 3. The van der Waals surface area contributed by atoms with Gasteiger partial charge in [-0.1, -0.05) is 13.8 Å². The molecule has 0 amide bonds. The largest absolute Gasteiger partial charge is 0.396 e. The fourth-order valence-electron chi connectivity index (χ4n) is 1.88.